The van der Waals surface area contributed by atoms with E-state index < -0.39 is 5.82 Å². The van der Waals surface area contributed by atoms with Gasteiger partial charge in [-0.1, -0.05) is 11.6 Å². The molecule has 0 bridgehead atoms. The van der Waals surface area contributed by atoms with E-state index in [1.165, 1.54) is 0 Å². The van der Waals surface area contributed by atoms with Crippen molar-refractivity contribution in [2.75, 3.05) is 43.9 Å². The number of piperazine rings is 1. The highest BCUT2D eigenvalue weighted by molar-refractivity contribution is 6.35. The summed E-state index contributed by atoms with van der Waals surface area (Å²) in [4.78, 5) is 25.4. The van der Waals surface area contributed by atoms with Crippen LogP contribution < -0.4 is 10.6 Å². The van der Waals surface area contributed by atoms with E-state index >= 15 is 4.39 Å². The number of aromatic amines is 1. The van der Waals surface area contributed by atoms with Crippen molar-refractivity contribution in [3.8, 4) is 11.3 Å². The van der Waals surface area contributed by atoms with Gasteiger partial charge in [-0.05, 0) is 20.9 Å². The molecular weight excluding hydrogens is 461 g/mol. The lowest BCUT2D eigenvalue weighted by Gasteiger charge is -2.32. The van der Waals surface area contributed by atoms with Crippen molar-refractivity contribution in [2.45, 2.75) is 19.9 Å². The van der Waals surface area contributed by atoms with E-state index in [4.69, 9.17) is 11.6 Å². The largest absolute Gasteiger partial charge is 0.379 e. The van der Waals surface area contributed by atoms with Gasteiger partial charge >= 0.3 is 6.03 Å². The minimum atomic E-state index is -0.574. The maximum atomic E-state index is 15.2. The Balaban J connectivity index is 1.48. The van der Waals surface area contributed by atoms with Crippen LogP contribution in [-0.2, 0) is 0 Å². The Kier molecular flexibility index (Phi) is 5.74. The Morgan fingerprint density at radius 1 is 1.21 bits per heavy atom. The summed E-state index contributed by atoms with van der Waals surface area (Å²) < 4.78 is 17.0. The zero-order valence-electron chi connectivity index (χ0n) is 19.1. The molecule has 0 saturated carbocycles. The van der Waals surface area contributed by atoms with Gasteiger partial charge in [0.25, 0.3) is 0 Å². The van der Waals surface area contributed by atoms with Gasteiger partial charge in [-0.3, -0.25) is 15.4 Å². The molecule has 0 atom stereocenters. The second kappa shape index (κ2) is 8.73. The first-order chi connectivity index (χ1) is 16.3. The van der Waals surface area contributed by atoms with Gasteiger partial charge in [-0.25, -0.2) is 14.2 Å². The topological polar surface area (TPSA) is 106 Å². The summed E-state index contributed by atoms with van der Waals surface area (Å²) in [6.45, 7) is 6.81. The van der Waals surface area contributed by atoms with Crippen molar-refractivity contribution >= 4 is 45.7 Å². The van der Waals surface area contributed by atoms with Gasteiger partial charge in [0, 0.05) is 49.4 Å². The molecule has 1 fully saturated rings. The van der Waals surface area contributed by atoms with Gasteiger partial charge in [-0.15, -0.1) is 0 Å². The fourth-order valence-corrected chi connectivity index (χ4v) is 4.37. The summed E-state index contributed by atoms with van der Waals surface area (Å²) >= 11 is 6.49. The van der Waals surface area contributed by atoms with Crippen LogP contribution in [0.15, 0.2) is 24.8 Å². The van der Waals surface area contributed by atoms with Crippen LogP contribution in [0.25, 0.3) is 27.8 Å². The molecule has 0 unspecified atom stereocenters. The number of urea groups is 1. The van der Waals surface area contributed by atoms with E-state index in [9.17, 15) is 4.79 Å². The van der Waals surface area contributed by atoms with Crippen molar-refractivity contribution in [1.29, 1.82) is 0 Å². The number of halogens is 2. The van der Waals surface area contributed by atoms with Crippen LogP contribution in [0, 0.1) is 5.82 Å². The number of hydrogen-bond donors (Lipinski definition) is 3. The summed E-state index contributed by atoms with van der Waals surface area (Å²) in [7, 11) is 2.03. The number of nitrogens with zero attached hydrogens (tertiary/aromatic N) is 6. The number of anilines is 2. The predicted octanol–water partition coefficient (Wildman–Crippen LogP) is 3.66. The van der Waals surface area contributed by atoms with Gasteiger partial charge in [0.05, 0.1) is 40.5 Å². The second-order valence-corrected chi connectivity index (χ2v) is 9.10. The van der Waals surface area contributed by atoms with Gasteiger partial charge < -0.3 is 19.5 Å². The Bertz CT molecular complexity index is 1370. The molecule has 34 heavy (non-hydrogen) atoms. The van der Waals surface area contributed by atoms with Crippen LogP contribution in [0.5, 0.6) is 0 Å². The molecule has 2 amide bonds. The van der Waals surface area contributed by atoms with Crippen LogP contribution in [0.3, 0.4) is 0 Å². The molecule has 0 radical (unpaired) electrons. The number of aromatic nitrogens is 5. The van der Waals surface area contributed by atoms with Crippen LogP contribution in [0.2, 0.25) is 5.02 Å². The third-order valence-corrected chi connectivity index (χ3v) is 6.20. The van der Waals surface area contributed by atoms with Crippen LogP contribution in [0.1, 0.15) is 13.8 Å². The van der Waals surface area contributed by atoms with Crippen molar-refractivity contribution in [3.63, 3.8) is 0 Å². The molecule has 4 heterocycles. The number of carbonyl (C=O) groups is 1. The van der Waals surface area contributed by atoms with Gasteiger partial charge in [0.2, 0.25) is 0 Å². The van der Waals surface area contributed by atoms with Crippen molar-refractivity contribution in [3.05, 3.63) is 35.6 Å². The quantitative estimate of drug-likeness (QED) is 0.407. The summed E-state index contributed by atoms with van der Waals surface area (Å²) in [6, 6.07) is -0.189. The number of amides is 2. The van der Waals surface area contributed by atoms with E-state index in [-0.39, 0.29) is 22.8 Å². The third kappa shape index (κ3) is 4.01. The molecule has 1 aromatic carbocycles. The number of nitrogens with one attached hydrogen (secondary N) is 3. The molecule has 1 aliphatic heterocycles. The monoisotopic (exact) mass is 485 g/mol. The lowest BCUT2D eigenvalue weighted by Crippen LogP contribution is -2.48. The number of fused-ring (bicyclic) bond motifs is 2. The zero-order valence-corrected chi connectivity index (χ0v) is 19.8. The fraction of sp³-hybridized carbons (Fsp3) is 0.364. The minimum Gasteiger partial charge on any atom is -0.379 e. The van der Waals surface area contributed by atoms with E-state index in [0.717, 1.165) is 13.1 Å². The van der Waals surface area contributed by atoms with Gasteiger partial charge in [0.15, 0.2) is 17.3 Å². The molecule has 3 aromatic heterocycles. The highest BCUT2D eigenvalue weighted by Crippen LogP contribution is 2.40. The summed E-state index contributed by atoms with van der Waals surface area (Å²) in [6.07, 6.45) is 6.56. The number of likely N-dealkylation sites (N-methyl/N-ethyl adjacent to an activating group) is 1. The summed E-state index contributed by atoms with van der Waals surface area (Å²) in [5.74, 6) is -0.167. The van der Waals surface area contributed by atoms with E-state index in [1.807, 2.05) is 20.9 Å². The number of hydrogen-bond acceptors (Lipinski definition) is 6. The Morgan fingerprint density at radius 3 is 2.71 bits per heavy atom. The summed E-state index contributed by atoms with van der Waals surface area (Å²) in [5.41, 5.74) is 2.20. The maximum Gasteiger partial charge on any atom is 0.323 e. The number of carbonyl (C=O) groups excluding carboxylic acids is 1. The first kappa shape index (κ1) is 22.4. The number of H-pyrrole nitrogens is 1. The number of benzene rings is 1. The molecule has 1 saturated heterocycles. The van der Waals surface area contributed by atoms with Crippen LogP contribution in [0.4, 0.5) is 20.7 Å². The third-order valence-electron chi connectivity index (χ3n) is 5.85. The maximum absolute atomic E-state index is 15.2. The Morgan fingerprint density at radius 2 is 1.97 bits per heavy atom. The summed E-state index contributed by atoms with van der Waals surface area (Å²) in [5, 5.41) is 13.5. The molecule has 0 spiro atoms. The van der Waals surface area contributed by atoms with E-state index in [2.05, 4.69) is 35.7 Å². The molecule has 3 N–H and O–H groups in total. The highest BCUT2D eigenvalue weighted by atomic mass is 35.5. The zero-order chi connectivity index (χ0) is 24.0. The first-order valence-corrected chi connectivity index (χ1v) is 11.4. The minimum absolute atomic E-state index is 0.00261. The molecule has 1 aliphatic rings. The molecule has 5 rings (SSSR count). The molecule has 178 valence electrons. The molecule has 4 aromatic rings. The number of rotatable bonds is 4. The lowest BCUT2D eigenvalue weighted by molar-refractivity contribution is 0.164. The first-order valence-electron chi connectivity index (χ1n) is 11.0. The smallest absolute Gasteiger partial charge is 0.323 e. The molecule has 10 nitrogen and oxygen atoms in total. The Labute approximate surface area is 200 Å². The SMILES string of the molecule is CC(C)Nc1c(F)c(Cl)c(-c2cn3cc(NC(=O)N4CCN(C)CC4)nc3cn2)c2cn[nH]c12. The fourth-order valence-electron chi connectivity index (χ4n) is 4.08. The van der Waals surface area contributed by atoms with Crippen molar-refractivity contribution in [2.24, 2.45) is 0 Å². The standard InChI is InChI=1S/C22H25ClFN9O/c1-12(2)27-21-19(24)18(23)17(13-8-26-30-20(13)21)14-10-33-11-15(28-16(33)9-25-14)29-22(34)32-6-4-31(3)5-7-32/h8-12,27H,4-7H2,1-3H3,(H,26,30)(H,29,34). The second-order valence-electron chi connectivity index (χ2n) is 8.72. The van der Waals surface area contributed by atoms with E-state index in [0.29, 0.717) is 46.7 Å². The predicted molar refractivity (Wildman–Crippen MR) is 130 cm³/mol. The van der Waals surface area contributed by atoms with Crippen molar-refractivity contribution in [1.82, 2.24) is 34.4 Å². The highest BCUT2D eigenvalue weighted by Gasteiger charge is 2.23. The normalized spacial score (nSPS) is 14.9. The Hall–Kier alpha value is -3.44. The lowest BCUT2D eigenvalue weighted by atomic mass is 10.1. The average molecular weight is 486 g/mol. The van der Waals surface area contributed by atoms with Crippen molar-refractivity contribution < 1.29 is 9.18 Å². The number of imidazole rings is 1. The van der Waals surface area contributed by atoms with Gasteiger partial charge in [0.1, 0.15) is 0 Å². The van der Waals surface area contributed by atoms with Gasteiger partial charge in [-0.2, -0.15) is 5.10 Å². The van der Waals surface area contributed by atoms with Crippen LogP contribution >= 0.6 is 11.6 Å². The molecular formula is C22H25ClFN9O. The average Bonchev–Trinajstić information content (AvgIpc) is 3.43. The molecule has 0 aliphatic carbocycles. The van der Waals surface area contributed by atoms with Crippen LogP contribution in [-0.4, -0.2) is 79.7 Å². The van der Waals surface area contributed by atoms with E-state index in [1.54, 1.807) is 34.1 Å². The molecule has 12 heteroatoms.